The van der Waals surface area contributed by atoms with Gasteiger partial charge in [-0.3, -0.25) is 0 Å². The quantitative estimate of drug-likeness (QED) is 0.371. The number of nitrogens with zero attached hydrogens (tertiary/aromatic N) is 4. The van der Waals surface area contributed by atoms with Crippen molar-refractivity contribution in [1.29, 1.82) is 0 Å². The Kier molecular flexibility index (Phi) is 3.71. The molecule has 2 fully saturated rings. The van der Waals surface area contributed by atoms with Gasteiger partial charge >= 0.3 is 0 Å². The standard InChI is InChI=1S/C14H21N5O/c15-13(18-20)12-14(17-8-7-16-12)19-9-3-5-10-4-1-2-6-11(10)19/h7-8,10-11,20H,1-6,9H2,(H2,15,18)/t10-,11-/m1/s1. The minimum absolute atomic E-state index is 0.0334. The summed E-state index contributed by atoms with van der Waals surface area (Å²) in [5.74, 6) is 1.55. The Morgan fingerprint density at radius 3 is 2.80 bits per heavy atom. The summed E-state index contributed by atoms with van der Waals surface area (Å²) in [6.45, 7) is 0.978. The van der Waals surface area contributed by atoms with E-state index in [0.717, 1.165) is 18.3 Å². The van der Waals surface area contributed by atoms with Crippen molar-refractivity contribution >= 4 is 11.7 Å². The molecule has 6 nitrogen and oxygen atoms in total. The van der Waals surface area contributed by atoms with E-state index in [1.54, 1.807) is 12.4 Å². The van der Waals surface area contributed by atoms with E-state index in [-0.39, 0.29) is 5.84 Å². The largest absolute Gasteiger partial charge is 0.409 e. The van der Waals surface area contributed by atoms with Crippen LogP contribution in [0.2, 0.25) is 0 Å². The van der Waals surface area contributed by atoms with Crippen LogP contribution in [0.3, 0.4) is 0 Å². The SMILES string of the molecule is NC(=NO)c1nccnc1N1CCC[C@H]2CCCC[C@H]21. The summed E-state index contributed by atoms with van der Waals surface area (Å²) >= 11 is 0. The third-order valence-corrected chi connectivity index (χ3v) is 4.54. The van der Waals surface area contributed by atoms with Crippen LogP contribution in [-0.4, -0.2) is 33.6 Å². The average molecular weight is 275 g/mol. The lowest BCUT2D eigenvalue weighted by molar-refractivity contribution is 0.242. The first kappa shape index (κ1) is 13.1. The van der Waals surface area contributed by atoms with Gasteiger partial charge in [-0.25, -0.2) is 9.97 Å². The van der Waals surface area contributed by atoms with Gasteiger partial charge in [0.1, 0.15) is 0 Å². The van der Waals surface area contributed by atoms with Crippen LogP contribution in [0.15, 0.2) is 17.5 Å². The molecular formula is C14H21N5O. The summed E-state index contributed by atoms with van der Waals surface area (Å²) in [4.78, 5) is 11.0. The number of oxime groups is 1. The average Bonchev–Trinajstić information content (AvgIpc) is 2.53. The Labute approximate surface area is 118 Å². The zero-order valence-corrected chi connectivity index (χ0v) is 11.6. The highest BCUT2D eigenvalue weighted by molar-refractivity contribution is 5.99. The molecule has 0 radical (unpaired) electrons. The van der Waals surface area contributed by atoms with Gasteiger partial charge in [0.05, 0.1) is 0 Å². The maximum absolute atomic E-state index is 8.92. The van der Waals surface area contributed by atoms with Crippen LogP contribution in [0, 0.1) is 5.92 Å². The minimum atomic E-state index is 0.0334. The van der Waals surface area contributed by atoms with Crippen LogP contribution in [0.5, 0.6) is 0 Å². The molecule has 0 amide bonds. The monoisotopic (exact) mass is 275 g/mol. The second-order valence-corrected chi connectivity index (χ2v) is 5.66. The highest BCUT2D eigenvalue weighted by Crippen LogP contribution is 2.37. The number of nitrogens with two attached hydrogens (primary N) is 1. The molecule has 1 aromatic heterocycles. The fraction of sp³-hybridized carbons (Fsp3) is 0.643. The first-order chi connectivity index (χ1) is 9.81. The van der Waals surface area contributed by atoms with Crippen molar-refractivity contribution in [3.63, 3.8) is 0 Å². The molecule has 2 aliphatic rings. The number of rotatable bonds is 2. The van der Waals surface area contributed by atoms with Crippen molar-refractivity contribution in [2.24, 2.45) is 16.8 Å². The number of hydrogen-bond donors (Lipinski definition) is 2. The molecule has 108 valence electrons. The predicted octanol–water partition coefficient (Wildman–Crippen LogP) is 1.73. The van der Waals surface area contributed by atoms with E-state index in [1.807, 2.05) is 0 Å². The van der Waals surface area contributed by atoms with Gasteiger partial charge in [0.2, 0.25) is 0 Å². The lowest BCUT2D eigenvalue weighted by Gasteiger charge is -2.45. The number of fused-ring (bicyclic) bond motifs is 1. The smallest absolute Gasteiger partial charge is 0.192 e. The lowest BCUT2D eigenvalue weighted by Crippen LogP contribution is -2.48. The number of hydrogen-bond acceptors (Lipinski definition) is 5. The second-order valence-electron chi connectivity index (χ2n) is 5.66. The molecule has 1 saturated heterocycles. The zero-order chi connectivity index (χ0) is 13.9. The highest BCUT2D eigenvalue weighted by atomic mass is 16.4. The van der Waals surface area contributed by atoms with Crippen LogP contribution >= 0.6 is 0 Å². The van der Waals surface area contributed by atoms with E-state index in [9.17, 15) is 0 Å². The van der Waals surface area contributed by atoms with E-state index in [1.165, 1.54) is 38.5 Å². The molecule has 0 aromatic carbocycles. The number of aromatic nitrogens is 2. The molecular weight excluding hydrogens is 254 g/mol. The molecule has 1 aliphatic heterocycles. The van der Waals surface area contributed by atoms with Crippen molar-refractivity contribution in [3.8, 4) is 0 Å². The van der Waals surface area contributed by atoms with Crippen LogP contribution in [0.25, 0.3) is 0 Å². The predicted molar refractivity (Wildman–Crippen MR) is 76.9 cm³/mol. The van der Waals surface area contributed by atoms with Crippen molar-refractivity contribution in [1.82, 2.24) is 9.97 Å². The molecule has 1 aliphatic carbocycles. The molecule has 0 unspecified atom stereocenters. The van der Waals surface area contributed by atoms with Gasteiger partial charge < -0.3 is 15.8 Å². The topological polar surface area (TPSA) is 87.6 Å². The van der Waals surface area contributed by atoms with Crippen molar-refractivity contribution in [2.75, 3.05) is 11.4 Å². The Balaban J connectivity index is 1.95. The molecule has 1 saturated carbocycles. The first-order valence-corrected chi connectivity index (χ1v) is 7.37. The van der Waals surface area contributed by atoms with Gasteiger partial charge in [-0.2, -0.15) is 0 Å². The molecule has 0 bridgehead atoms. The molecule has 2 heterocycles. The third-order valence-electron chi connectivity index (χ3n) is 4.54. The maximum atomic E-state index is 8.92. The third kappa shape index (κ3) is 2.30. The Morgan fingerprint density at radius 1 is 1.20 bits per heavy atom. The molecule has 0 spiro atoms. The van der Waals surface area contributed by atoms with Crippen LogP contribution < -0.4 is 10.6 Å². The summed E-state index contributed by atoms with van der Waals surface area (Å²) in [7, 11) is 0. The lowest BCUT2D eigenvalue weighted by atomic mass is 9.78. The van der Waals surface area contributed by atoms with Crippen molar-refractivity contribution < 1.29 is 5.21 Å². The Hall–Kier alpha value is -1.85. The van der Waals surface area contributed by atoms with Crippen LogP contribution in [0.4, 0.5) is 5.82 Å². The van der Waals surface area contributed by atoms with E-state index < -0.39 is 0 Å². The number of amidine groups is 1. The number of anilines is 1. The van der Waals surface area contributed by atoms with Crippen molar-refractivity contribution in [2.45, 2.75) is 44.6 Å². The summed E-state index contributed by atoms with van der Waals surface area (Å²) in [5.41, 5.74) is 6.23. The number of piperidine rings is 1. The van der Waals surface area contributed by atoms with E-state index in [2.05, 4.69) is 20.0 Å². The maximum Gasteiger partial charge on any atom is 0.192 e. The van der Waals surface area contributed by atoms with Gasteiger partial charge in [0.15, 0.2) is 17.3 Å². The van der Waals surface area contributed by atoms with Crippen molar-refractivity contribution in [3.05, 3.63) is 18.1 Å². The molecule has 3 N–H and O–H groups in total. The van der Waals surface area contributed by atoms with Gasteiger partial charge in [-0.15, -0.1) is 0 Å². The molecule has 3 rings (SSSR count). The van der Waals surface area contributed by atoms with Gasteiger partial charge in [0.25, 0.3) is 0 Å². The molecule has 6 heteroatoms. The zero-order valence-electron chi connectivity index (χ0n) is 11.6. The van der Waals surface area contributed by atoms with E-state index in [0.29, 0.717) is 11.7 Å². The van der Waals surface area contributed by atoms with Gasteiger partial charge in [-0.1, -0.05) is 18.0 Å². The Morgan fingerprint density at radius 2 is 1.95 bits per heavy atom. The van der Waals surface area contributed by atoms with Gasteiger partial charge in [-0.05, 0) is 31.6 Å². The summed E-state index contributed by atoms with van der Waals surface area (Å²) in [6.07, 6.45) is 10.9. The van der Waals surface area contributed by atoms with E-state index in [4.69, 9.17) is 10.9 Å². The Bertz CT molecular complexity index is 502. The summed E-state index contributed by atoms with van der Waals surface area (Å²) < 4.78 is 0. The van der Waals surface area contributed by atoms with E-state index >= 15 is 0 Å². The summed E-state index contributed by atoms with van der Waals surface area (Å²) in [6, 6.07) is 0.527. The normalized spacial score (nSPS) is 27.2. The fourth-order valence-corrected chi connectivity index (χ4v) is 3.66. The van der Waals surface area contributed by atoms with Gasteiger partial charge in [0, 0.05) is 25.0 Å². The molecule has 2 atom stereocenters. The minimum Gasteiger partial charge on any atom is -0.409 e. The van der Waals surface area contributed by atoms with Crippen LogP contribution in [-0.2, 0) is 0 Å². The first-order valence-electron chi connectivity index (χ1n) is 7.37. The highest BCUT2D eigenvalue weighted by Gasteiger charge is 2.35. The molecule has 20 heavy (non-hydrogen) atoms. The summed E-state index contributed by atoms with van der Waals surface area (Å²) in [5, 5.41) is 12.0. The molecule has 1 aromatic rings. The fourth-order valence-electron chi connectivity index (χ4n) is 3.66. The second kappa shape index (κ2) is 5.64. The van der Waals surface area contributed by atoms with Crippen LogP contribution in [0.1, 0.15) is 44.2 Å².